The normalized spacial score (nSPS) is 14.4. The van der Waals surface area contributed by atoms with Crippen molar-refractivity contribution in [2.24, 2.45) is 5.73 Å². The summed E-state index contributed by atoms with van der Waals surface area (Å²) >= 11 is 0. The molecular weight excluding hydrogens is 170 g/mol. The average molecular weight is 187 g/mol. The molecule has 1 heteroatoms. The van der Waals surface area contributed by atoms with Crippen molar-refractivity contribution in [3.05, 3.63) is 41.0 Å². The van der Waals surface area contributed by atoms with Crippen molar-refractivity contribution in [3.8, 4) is 0 Å². The summed E-state index contributed by atoms with van der Waals surface area (Å²) in [6.07, 6.45) is 3.30. The van der Waals surface area contributed by atoms with Crippen molar-refractivity contribution in [1.82, 2.24) is 0 Å². The van der Waals surface area contributed by atoms with E-state index in [1.54, 1.807) is 0 Å². The Labute approximate surface area is 85.6 Å². The molecule has 0 bridgehead atoms. The third-order valence-corrected chi connectivity index (χ3v) is 2.93. The van der Waals surface area contributed by atoms with Crippen LogP contribution in [0.25, 0.3) is 5.57 Å². The number of rotatable bonds is 2. The van der Waals surface area contributed by atoms with Crippen molar-refractivity contribution in [1.29, 1.82) is 0 Å². The van der Waals surface area contributed by atoms with E-state index >= 15 is 0 Å². The Balaban J connectivity index is 2.43. The lowest BCUT2D eigenvalue weighted by molar-refractivity contribution is 0.865. The van der Waals surface area contributed by atoms with Gasteiger partial charge in [0.1, 0.15) is 0 Å². The summed E-state index contributed by atoms with van der Waals surface area (Å²) in [7, 11) is 0. The van der Waals surface area contributed by atoms with Gasteiger partial charge in [0.25, 0.3) is 0 Å². The predicted octanol–water partition coefficient (Wildman–Crippen LogP) is 2.71. The van der Waals surface area contributed by atoms with Crippen LogP contribution in [0, 0.1) is 0 Å². The lowest BCUT2D eigenvalue weighted by Gasteiger charge is -2.09. The Bertz CT molecular complexity index is 375. The lowest BCUT2D eigenvalue weighted by Crippen LogP contribution is -2.01. The summed E-state index contributed by atoms with van der Waals surface area (Å²) in [4.78, 5) is 0. The molecule has 1 aromatic rings. The van der Waals surface area contributed by atoms with Gasteiger partial charge in [-0.15, -0.1) is 0 Å². The van der Waals surface area contributed by atoms with Crippen molar-refractivity contribution >= 4 is 5.57 Å². The molecule has 1 nitrogen and oxygen atoms in total. The fourth-order valence-corrected chi connectivity index (χ4v) is 1.97. The van der Waals surface area contributed by atoms with Crippen LogP contribution in [0.1, 0.15) is 36.5 Å². The van der Waals surface area contributed by atoms with E-state index in [1.807, 2.05) is 0 Å². The molecule has 0 aromatic heterocycles. The van der Waals surface area contributed by atoms with Crippen molar-refractivity contribution in [2.45, 2.75) is 26.2 Å². The van der Waals surface area contributed by atoms with Crippen LogP contribution in [-0.4, -0.2) is 6.54 Å². The summed E-state index contributed by atoms with van der Waals surface area (Å²) in [6.45, 7) is 5.11. The van der Waals surface area contributed by atoms with Gasteiger partial charge in [-0.2, -0.15) is 0 Å². The maximum Gasteiger partial charge on any atom is 0.0181 e. The SMILES string of the molecule is CC(C)c1ccc2c(c1)C(CN)=CC2. The first-order chi connectivity index (χ1) is 6.72. The first kappa shape index (κ1) is 9.47. The van der Waals surface area contributed by atoms with E-state index in [0.29, 0.717) is 12.5 Å². The van der Waals surface area contributed by atoms with Crippen molar-refractivity contribution < 1.29 is 0 Å². The number of hydrogen-bond acceptors (Lipinski definition) is 1. The number of allylic oxidation sites excluding steroid dienone is 1. The monoisotopic (exact) mass is 187 g/mol. The van der Waals surface area contributed by atoms with Gasteiger partial charge < -0.3 is 5.73 Å². The van der Waals surface area contributed by atoms with E-state index in [9.17, 15) is 0 Å². The van der Waals surface area contributed by atoms with Crippen LogP contribution in [0.4, 0.5) is 0 Å². The van der Waals surface area contributed by atoms with Gasteiger partial charge in [0.15, 0.2) is 0 Å². The summed E-state index contributed by atoms with van der Waals surface area (Å²) in [5.74, 6) is 0.597. The van der Waals surface area contributed by atoms with E-state index in [1.165, 1.54) is 22.3 Å². The first-order valence-electron chi connectivity index (χ1n) is 5.24. The van der Waals surface area contributed by atoms with Gasteiger partial charge in [-0.1, -0.05) is 38.1 Å². The second-order valence-corrected chi connectivity index (χ2v) is 4.21. The molecule has 2 N–H and O–H groups in total. The molecule has 0 saturated carbocycles. The number of nitrogens with two attached hydrogens (primary N) is 1. The average Bonchev–Trinajstić information content (AvgIpc) is 2.59. The van der Waals surface area contributed by atoms with E-state index < -0.39 is 0 Å². The molecule has 74 valence electrons. The standard InChI is InChI=1S/C13H17N/c1-9(2)11-5-3-10-4-6-12(8-14)13(10)7-11/h3,5-7,9H,4,8,14H2,1-2H3. The first-order valence-corrected chi connectivity index (χ1v) is 5.24. The number of hydrogen-bond donors (Lipinski definition) is 1. The van der Waals surface area contributed by atoms with Crippen LogP contribution in [0.15, 0.2) is 24.3 Å². The quantitative estimate of drug-likeness (QED) is 0.757. The maximum atomic E-state index is 5.71. The molecule has 0 saturated heterocycles. The molecule has 0 heterocycles. The number of benzene rings is 1. The summed E-state index contributed by atoms with van der Waals surface area (Å²) in [6, 6.07) is 6.77. The third-order valence-electron chi connectivity index (χ3n) is 2.93. The van der Waals surface area contributed by atoms with Gasteiger partial charge in [-0.3, -0.25) is 0 Å². The molecule has 0 unspecified atom stereocenters. The van der Waals surface area contributed by atoms with Crippen LogP contribution in [-0.2, 0) is 6.42 Å². The summed E-state index contributed by atoms with van der Waals surface area (Å²) in [5.41, 5.74) is 11.2. The minimum Gasteiger partial charge on any atom is -0.326 e. The van der Waals surface area contributed by atoms with E-state index in [4.69, 9.17) is 5.73 Å². The minimum absolute atomic E-state index is 0.597. The van der Waals surface area contributed by atoms with E-state index in [-0.39, 0.29) is 0 Å². The van der Waals surface area contributed by atoms with Crippen LogP contribution < -0.4 is 5.73 Å². The van der Waals surface area contributed by atoms with Gasteiger partial charge in [-0.25, -0.2) is 0 Å². The minimum atomic E-state index is 0.597. The lowest BCUT2D eigenvalue weighted by atomic mass is 9.96. The Morgan fingerprint density at radius 1 is 1.36 bits per heavy atom. The smallest absolute Gasteiger partial charge is 0.0181 e. The third kappa shape index (κ3) is 1.48. The molecule has 14 heavy (non-hydrogen) atoms. The van der Waals surface area contributed by atoms with E-state index in [0.717, 1.165) is 6.42 Å². The highest BCUT2D eigenvalue weighted by Gasteiger charge is 2.13. The maximum absolute atomic E-state index is 5.71. The molecule has 0 amide bonds. The zero-order valence-electron chi connectivity index (χ0n) is 8.88. The Morgan fingerprint density at radius 2 is 2.14 bits per heavy atom. The largest absolute Gasteiger partial charge is 0.326 e. The van der Waals surface area contributed by atoms with Gasteiger partial charge in [0.05, 0.1) is 0 Å². The van der Waals surface area contributed by atoms with Gasteiger partial charge >= 0.3 is 0 Å². The van der Waals surface area contributed by atoms with Crippen LogP contribution in [0.3, 0.4) is 0 Å². The van der Waals surface area contributed by atoms with Crippen LogP contribution in [0.2, 0.25) is 0 Å². The Kier molecular flexibility index (Phi) is 2.42. The molecule has 1 aliphatic rings. The fraction of sp³-hybridized carbons (Fsp3) is 0.385. The molecule has 0 spiro atoms. The van der Waals surface area contributed by atoms with E-state index in [2.05, 4.69) is 38.1 Å². The molecule has 0 atom stereocenters. The highest BCUT2D eigenvalue weighted by molar-refractivity contribution is 5.74. The predicted molar refractivity (Wildman–Crippen MR) is 61.3 cm³/mol. The molecule has 2 rings (SSSR count). The van der Waals surface area contributed by atoms with Crippen LogP contribution >= 0.6 is 0 Å². The second-order valence-electron chi connectivity index (χ2n) is 4.21. The molecule has 1 aromatic carbocycles. The molecule has 1 aliphatic carbocycles. The second kappa shape index (κ2) is 3.58. The molecule has 0 aliphatic heterocycles. The van der Waals surface area contributed by atoms with Gasteiger partial charge in [0.2, 0.25) is 0 Å². The highest BCUT2D eigenvalue weighted by atomic mass is 14.5. The zero-order chi connectivity index (χ0) is 10.1. The Hall–Kier alpha value is -1.08. The highest BCUT2D eigenvalue weighted by Crippen LogP contribution is 2.29. The van der Waals surface area contributed by atoms with Crippen molar-refractivity contribution in [3.63, 3.8) is 0 Å². The Morgan fingerprint density at radius 3 is 2.79 bits per heavy atom. The van der Waals surface area contributed by atoms with Gasteiger partial charge in [-0.05, 0) is 34.6 Å². The zero-order valence-corrected chi connectivity index (χ0v) is 8.88. The summed E-state index contributed by atoms with van der Waals surface area (Å²) < 4.78 is 0. The molecule has 0 radical (unpaired) electrons. The van der Waals surface area contributed by atoms with Crippen LogP contribution in [0.5, 0.6) is 0 Å². The van der Waals surface area contributed by atoms with Gasteiger partial charge in [0, 0.05) is 6.54 Å². The topological polar surface area (TPSA) is 26.0 Å². The van der Waals surface area contributed by atoms with Crippen molar-refractivity contribution in [2.75, 3.05) is 6.54 Å². The summed E-state index contributed by atoms with van der Waals surface area (Å²) in [5, 5.41) is 0. The molecular formula is C13H17N. The fourth-order valence-electron chi connectivity index (χ4n) is 1.97. The number of fused-ring (bicyclic) bond motifs is 1. The molecule has 0 fully saturated rings.